The van der Waals surface area contributed by atoms with E-state index in [2.05, 4.69) is 15.9 Å². The van der Waals surface area contributed by atoms with Gasteiger partial charge in [-0.3, -0.25) is 10.1 Å². The van der Waals surface area contributed by atoms with Crippen LogP contribution in [0.15, 0.2) is 22.8 Å². The van der Waals surface area contributed by atoms with Gasteiger partial charge in [0.2, 0.25) is 6.20 Å². The normalized spacial score (nSPS) is 10.8. The van der Waals surface area contributed by atoms with Crippen LogP contribution < -0.4 is 0 Å². The van der Waals surface area contributed by atoms with E-state index in [1.165, 1.54) is 0 Å². The van der Waals surface area contributed by atoms with Gasteiger partial charge < -0.3 is 0 Å². The molecule has 0 spiro atoms. The molecule has 6 heteroatoms. The summed E-state index contributed by atoms with van der Waals surface area (Å²) in [7, 11) is 0. The molecule has 1 rings (SSSR count). The van der Waals surface area contributed by atoms with Crippen molar-refractivity contribution in [2.24, 2.45) is 0 Å². The summed E-state index contributed by atoms with van der Waals surface area (Å²) in [4.78, 5) is 9.22. The molecule has 3 nitrogen and oxygen atoms in total. The molecular formula is C8H4BrF2NO2. The number of rotatable bonds is 2. The van der Waals surface area contributed by atoms with Crippen molar-refractivity contribution in [2.45, 2.75) is 0 Å². The van der Waals surface area contributed by atoms with Crippen molar-refractivity contribution in [3.05, 3.63) is 50.1 Å². The number of nitrogens with zero attached hydrogens (tertiary/aromatic N) is 1. The Labute approximate surface area is 86.3 Å². The van der Waals surface area contributed by atoms with E-state index in [4.69, 9.17) is 0 Å². The molecule has 0 fully saturated rings. The van der Waals surface area contributed by atoms with Gasteiger partial charge in [-0.1, -0.05) is 0 Å². The largest absolute Gasteiger partial charge is 0.259 e. The third-order valence-electron chi connectivity index (χ3n) is 1.42. The summed E-state index contributed by atoms with van der Waals surface area (Å²) in [6.07, 6.45) is 1.54. The monoisotopic (exact) mass is 263 g/mol. The maximum absolute atomic E-state index is 12.9. The van der Waals surface area contributed by atoms with E-state index in [1.54, 1.807) is 0 Å². The van der Waals surface area contributed by atoms with Crippen LogP contribution in [0.5, 0.6) is 0 Å². The van der Waals surface area contributed by atoms with Gasteiger partial charge in [-0.15, -0.1) is 0 Å². The first-order chi connectivity index (χ1) is 6.50. The molecule has 0 atom stereocenters. The number of halogens is 3. The fourth-order valence-corrected chi connectivity index (χ4v) is 1.17. The highest BCUT2D eigenvalue weighted by Gasteiger charge is 2.06. The fraction of sp³-hybridized carbons (Fsp3) is 0. The van der Waals surface area contributed by atoms with E-state index < -0.39 is 16.6 Å². The molecule has 14 heavy (non-hydrogen) atoms. The molecule has 0 saturated carbocycles. The van der Waals surface area contributed by atoms with Crippen LogP contribution in [0.1, 0.15) is 5.56 Å². The molecule has 0 saturated heterocycles. The summed E-state index contributed by atoms with van der Waals surface area (Å²) in [5.41, 5.74) is -0.0463. The number of hydrogen-bond acceptors (Lipinski definition) is 2. The van der Waals surface area contributed by atoms with Crippen LogP contribution in [0, 0.1) is 21.7 Å². The van der Waals surface area contributed by atoms with Crippen molar-refractivity contribution >= 4 is 22.0 Å². The predicted molar refractivity (Wildman–Crippen MR) is 50.1 cm³/mol. The van der Waals surface area contributed by atoms with Gasteiger partial charge in [0, 0.05) is 17.7 Å². The van der Waals surface area contributed by atoms with Gasteiger partial charge in [0.1, 0.15) is 11.6 Å². The lowest BCUT2D eigenvalue weighted by Crippen LogP contribution is -1.88. The Bertz CT molecular complexity index is 407. The van der Waals surface area contributed by atoms with Crippen LogP contribution in [0.3, 0.4) is 0 Å². The fourth-order valence-electron chi connectivity index (χ4n) is 0.807. The molecule has 1 aromatic rings. The first-order valence-electron chi connectivity index (χ1n) is 3.47. The van der Waals surface area contributed by atoms with Gasteiger partial charge in [0.05, 0.1) is 9.40 Å². The lowest BCUT2D eigenvalue weighted by molar-refractivity contribution is -0.400. The van der Waals surface area contributed by atoms with Gasteiger partial charge in [0.25, 0.3) is 0 Å². The van der Waals surface area contributed by atoms with Crippen molar-refractivity contribution in [3.63, 3.8) is 0 Å². The summed E-state index contributed by atoms with van der Waals surface area (Å²) in [5.74, 6) is -1.59. The minimum absolute atomic E-state index is 0.0463. The van der Waals surface area contributed by atoms with Crippen LogP contribution in [-0.2, 0) is 0 Å². The van der Waals surface area contributed by atoms with Gasteiger partial charge in [0.15, 0.2) is 0 Å². The predicted octanol–water partition coefficient (Wildman–Crippen LogP) is 2.97. The number of benzene rings is 1. The summed E-state index contributed by atoms with van der Waals surface area (Å²) in [6, 6.07) is 1.79. The smallest absolute Gasteiger partial charge is 0.235 e. The lowest BCUT2D eigenvalue weighted by Gasteiger charge is -1.98. The van der Waals surface area contributed by atoms with Crippen LogP contribution in [0.4, 0.5) is 8.78 Å². The number of nitro groups is 1. The molecule has 0 bridgehead atoms. The Morgan fingerprint density at radius 3 is 2.57 bits per heavy atom. The molecule has 0 radical (unpaired) electrons. The Kier molecular flexibility index (Phi) is 3.29. The molecule has 1 aromatic carbocycles. The molecule has 0 unspecified atom stereocenters. The van der Waals surface area contributed by atoms with E-state index in [1.807, 2.05) is 0 Å². The molecule has 0 aliphatic rings. The summed E-state index contributed by atoms with van der Waals surface area (Å²) >= 11 is 2.84. The zero-order chi connectivity index (χ0) is 10.7. The molecule has 0 aliphatic heterocycles. The molecular weight excluding hydrogens is 260 g/mol. The third kappa shape index (κ3) is 2.59. The van der Waals surface area contributed by atoms with Crippen molar-refractivity contribution in [3.8, 4) is 0 Å². The summed E-state index contributed by atoms with van der Waals surface area (Å²) in [6.45, 7) is 0. The highest BCUT2D eigenvalue weighted by molar-refractivity contribution is 9.10. The van der Waals surface area contributed by atoms with Gasteiger partial charge in [-0.25, -0.2) is 8.78 Å². The highest BCUT2D eigenvalue weighted by Crippen LogP contribution is 2.20. The van der Waals surface area contributed by atoms with E-state index in [-0.39, 0.29) is 10.0 Å². The second-order valence-electron chi connectivity index (χ2n) is 2.39. The van der Waals surface area contributed by atoms with Crippen molar-refractivity contribution < 1.29 is 13.7 Å². The molecule has 0 aliphatic carbocycles. The zero-order valence-corrected chi connectivity index (χ0v) is 8.29. The van der Waals surface area contributed by atoms with Crippen LogP contribution in [-0.4, -0.2) is 4.92 Å². The molecule has 0 heterocycles. The zero-order valence-electron chi connectivity index (χ0n) is 6.71. The topological polar surface area (TPSA) is 43.1 Å². The average molecular weight is 264 g/mol. The van der Waals surface area contributed by atoms with E-state index in [0.717, 1.165) is 12.1 Å². The van der Waals surface area contributed by atoms with Crippen LogP contribution in [0.2, 0.25) is 0 Å². The Hall–Kier alpha value is -1.30. The molecule has 0 amide bonds. The lowest BCUT2D eigenvalue weighted by atomic mass is 10.2. The third-order valence-corrected chi connectivity index (χ3v) is 2.02. The van der Waals surface area contributed by atoms with Gasteiger partial charge in [-0.2, -0.15) is 0 Å². The Balaban J connectivity index is 3.10. The minimum Gasteiger partial charge on any atom is -0.259 e. The number of hydrogen-bond donors (Lipinski definition) is 0. The Morgan fingerprint density at radius 1 is 1.36 bits per heavy atom. The first kappa shape index (κ1) is 10.8. The Morgan fingerprint density at radius 2 is 2.00 bits per heavy atom. The van der Waals surface area contributed by atoms with Crippen molar-refractivity contribution in [2.75, 3.05) is 0 Å². The van der Waals surface area contributed by atoms with E-state index in [9.17, 15) is 18.9 Å². The standard InChI is InChI=1S/C8H4BrF2NO2/c9-6-3-5(1-2-12(13)14)7(10)4-8(6)11/h1-4H/b2-1+. The summed E-state index contributed by atoms with van der Waals surface area (Å²) in [5, 5.41) is 9.95. The van der Waals surface area contributed by atoms with Gasteiger partial charge in [-0.05, 0) is 22.0 Å². The van der Waals surface area contributed by atoms with Gasteiger partial charge >= 0.3 is 0 Å². The average Bonchev–Trinajstić information content (AvgIpc) is 2.09. The minimum atomic E-state index is -0.844. The molecule has 74 valence electrons. The van der Waals surface area contributed by atoms with E-state index in [0.29, 0.717) is 12.3 Å². The second kappa shape index (κ2) is 4.28. The maximum Gasteiger partial charge on any atom is 0.235 e. The maximum atomic E-state index is 12.9. The SMILES string of the molecule is O=[N+]([O-])/C=C/c1cc(Br)c(F)cc1F. The van der Waals surface area contributed by atoms with E-state index >= 15 is 0 Å². The molecule has 0 aromatic heterocycles. The summed E-state index contributed by atoms with van der Waals surface area (Å²) < 4.78 is 25.7. The second-order valence-corrected chi connectivity index (χ2v) is 3.24. The molecule has 0 N–H and O–H groups in total. The van der Waals surface area contributed by atoms with Crippen molar-refractivity contribution in [1.82, 2.24) is 0 Å². The highest BCUT2D eigenvalue weighted by atomic mass is 79.9. The first-order valence-corrected chi connectivity index (χ1v) is 4.26. The van der Waals surface area contributed by atoms with Crippen LogP contribution in [0.25, 0.3) is 6.08 Å². The quantitative estimate of drug-likeness (QED) is 0.468. The van der Waals surface area contributed by atoms with Crippen molar-refractivity contribution in [1.29, 1.82) is 0 Å². The van der Waals surface area contributed by atoms with Crippen LogP contribution >= 0.6 is 15.9 Å².